The molecule has 1 saturated heterocycles. The van der Waals surface area contributed by atoms with Gasteiger partial charge in [-0.25, -0.2) is 19.6 Å². The van der Waals surface area contributed by atoms with Gasteiger partial charge in [-0.1, -0.05) is 12.1 Å². The highest BCUT2D eigenvalue weighted by molar-refractivity contribution is 5.95. The van der Waals surface area contributed by atoms with Crippen molar-refractivity contribution >= 4 is 11.6 Å². The van der Waals surface area contributed by atoms with E-state index in [0.717, 1.165) is 6.07 Å². The molecule has 0 aliphatic carbocycles. The molecule has 7 nitrogen and oxygen atoms in total. The van der Waals surface area contributed by atoms with Gasteiger partial charge in [0.05, 0.1) is 6.04 Å². The van der Waals surface area contributed by atoms with Crippen LogP contribution in [0.3, 0.4) is 0 Å². The number of carbonyl (C=O) groups excluding carboxylic acids is 1. The minimum atomic E-state index is -2.65. The van der Waals surface area contributed by atoms with E-state index in [1.54, 1.807) is 6.92 Å². The van der Waals surface area contributed by atoms with Crippen molar-refractivity contribution < 1.29 is 18.5 Å². The molecule has 2 rings (SSSR count). The molecule has 21 heavy (non-hydrogen) atoms. The number of nitro groups is 1. The standard InChI is InChI=1S/C12H14F2N4O3/c1-6-10(18(20)21)9(17-16-6)12(19)15-8-4-2-3-7(5-8)11(13)14/h2-6,9-11,16-17H,1H3,(H,15,19). The number of hydrogen-bond acceptors (Lipinski definition) is 5. The summed E-state index contributed by atoms with van der Waals surface area (Å²) in [5.41, 5.74) is 5.10. The minimum absolute atomic E-state index is 0.168. The largest absolute Gasteiger partial charge is 0.324 e. The average Bonchev–Trinajstić information content (AvgIpc) is 2.81. The summed E-state index contributed by atoms with van der Waals surface area (Å²) in [5.74, 6) is -0.653. The third-order valence-corrected chi connectivity index (χ3v) is 3.25. The zero-order valence-corrected chi connectivity index (χ0v) is 11.0. The number of hydrazine groups is 1. The Morgan fingerprint density at radius 3 is 2.76 bits per heavy atom. The molecule has 1 aliphatic rings. The number of alkyl halides is 2. The number of halogens is 2. The number of anilines is 1. The molecule has 1 aromatic carbocycles. The molecule has 3 N–H and O–H groups in total. The molecule has 1 heterocycles. The molecule has 1 amide bonds. The van der Waals surface area contributed by atoms with Crippen LogP contribution < -0.4 is 16.2 Å². The molecular weight excluding hydrogens is 286 g/mol. The molecule has 1 aromatic rings. The average molecular weight is 300 g/mol. The summed E-state index contributed by atoms with van der Waals surface area (Å²) in [6, 6.07) is 2.45. The van der Waals surface area contributed by atoms with Gasteiger partial charge in [-0.15, -0.1) is 0 Å². The summed E-state index contributed by atoms with van der Waals surface area (Å²) in [6.45, 7) is 1.57. The summed E-state index contributed by atoms with van der Waals surface area (Å²) < 4.78 is 25.2. The zero-order chi connectivity index (χ0) is 15.6. The predicted octanol–water partition coefficient (Wildman–Crippen LogP) is 1.07. The SMILES string of the molecule is CC1NNC(C(=O)Nc2cccc(C(F)F)c2)C1[N+](=O)[O-]. The highest BCUT2D eigenvalue weighted by atomic mass is 19.3. The molecule has 1 aliphatic heterocycles. The Morgan fingerprint density at radius 2 is 2.14 bits per heavy atom. The lowest BCUT2D eigenvalue weighted by Crippen LogP contribution is -2.47. The van der Waals surface area contributed by atoms with Gasteiger partial charge < -0.3 is 5.32 Å². The van der Waals surface area contributed by atoms with E-state index in [4.69, 9.17) is 0 Å². The van der Waals surface area contributed by atoms with Crippen molar-refractivity contribution in [3.05, 3.63) is 39.9 Å². The molecule has 0 bridgehead atoms. The highest BCUT2D eigenvalue weighted by Gasteiger charge is 2.46. The Morgan fingerprint density at radius 1 is 1.43 bits per heavy atom. The fraction of sp³-hybridized carbons (Fsp3) is 0.417. The predicted molar refractivity (Wildman–Crippen MR) is 70.3 cm³/mol. The van der Waals surface area contributed by atoms with Gasteiger partial charge in [-0.3, -0.25) is 14.9 Å². The lowest BCUT2D eigenvalue weighted by Gasteiger charge is -2.14. The van der Waals surface area contributed by atoms with Gasteiger partial charge in [0.2, 0.25) is 5.91 Å². The molecule has 0 aromatic heterocycles. The topological polar surface area (TPSA) is 96.3 Å². The van der Waals surface area contributed by atoms with E-state index in [2.05, 4.69) is 16.2 Å². The van der Waals surface area contributed by atoms with Gasteiger partial charge in [0, 0.05) is 16.2 Å². The van der Waals surface area contributed by atoms with E-state index in [0.29, 0.717) is 0 Å². The Balaban J connectivity index is 2.11. The Kier molecular flexibility index (Phi) is 4.43. The van der Waals surface area contributed by atoms with E-state index < -0.39 is 35.4 Å². The number of carbonyl (C=O) groups is 1. The number of amides is 1. The fourth-order valence-corrected chi connectivity index (χ4v) is 2.18. The summed E-state index contributed by atoms with van der Waals surface area (Å²) >= 11 is 0. The van der Waals surface area contributed by atoms with Crippen molar-refractivity contribution in [3.63, 3.8) is 0 Å². The second-order valence-electron chi connectivity index (χ2n) is 4.75. The van der Waals surface area contributed by atoms with Gasteiger partial charge in [-0.05, 0) is 19.1 Å². The molecule has 0 spiro atoms. The van der Waals surface area contributed by atoms with Crippen molar-refractivity contribution in [2.24, 2.45) is 0 Å². The summed E-state index contributed by atoms with van der Waals surface area (Å²) in [5, 5.41) is 13.4. The van der Waals surface area contributed by atoms with Crippen molar-refractivity contribution in [1.82, 2.24) is 10.9 Å². The maximum Gasteiger partial charge on any atom is 0.263 e. The summed E-state index contributed by atoms with van der Waals surface area (Å²) in [4.78, 5) is 22.5. The van der Waals surface area contributed by atoms with Crippen molar-refractivity contribution in [2.45, 2.75) is 31.5 Å². The zero-order valence-electron chi connectivity index (χ0n) is 11.0. The van der Waals surface area contributed by atoms with Crippen LogP contribution in [0.15, 0.2) is 24.3 Å². The van der Waals surface area contributed by atoms with Crippen LogP contribution in [0.2, 0.25) is 0 Å². The normalized spacial score (nSPS) is 25.0. The number of rotatable bonds is 4. The van der Waals surface area contributed by atoms with Crippen LogP contribution >= 0.6 is 0 Å². The number of nitrogens with zero attached hydrogens (tertiary/aromatic N) is 1. The van der Waals surface area contributed by atoms with Gasteiger partial charge in [0.1, 0.15) is 0 Å². The van der Waals surface area contributed by atoms with E-state index >= 15 is 0 Å². The Labute approximate surface area is 118 Å². The van der Waals surface area contributed by atoms with Crippen molar-refractivity contribution in [1.29, 1.82) is 0 Å². The van der Waals surface area contributed by atoms with Crippen LogP contribution in [0.25, 0.3) is 0 Å². The number of nitrogens with one attached hydrogen (secondary N) is 3. The molecule has 3 unspecified atom stereocenters. The van der Waals surface area contributed by atoms with Gasteiger partial charge in [0.15, 0.2) is 6.04 Å². The van der Waals surface area contributed by atoms with E-state index in [1.807, 2.05) is 0 Å². The van der Waals surface area contributed by atoms with Crippen LogP contribution in [0.1, 0.15) is 18.9 Å². The number of benzene rings is 1. The van der Waals surface area contributed by atoms with Gasteiger partial charge in [0.25, 0.3) is 12.5 Å². The first-order valence-electron chi connectivity index (χ1n) is 6.23. The van der Waals surface area contributed by atoms with Crippen LogP contribution in [-0.4, -0.2) is 29.0 Å². The van der Waals surface area contributed by atoms with Crippen LogP contribution in [0.4, 0.5) is 14.5 Å². The summed E-state index contributed by atoms with van der Waals surface area (Å²) in [7, 11) is 0. The van der Waals surface area contributed by atoms with Gasteiger partial charge >= 0.3 is 0 Å². The van der Waals surface area contributed by atoms with E-state index in [1.165, 1.54) is 18.2 Å². The Hall–Kier alpha value is -2.13. The molecule has 3 atom stereocenters. The number of hydrogen-bond donors (Lipinski definition) is 3. The quantitative estimate of drug-likeness (QED) is 0.571. The fourth-order valence-electron chi connectivity index (χ4n) is 2.18. The van der Waals surface area contributed by atoms with Crippen LogP contribution in [0, 0.1) is 10.1 Å². The first kappa shape index (κ1) is 15.3. The maximum atomic E-state index is 12.6. The molecular formula is C12H14F2N4O3. The van der Waals surface area contributed by atoms with E-state index in [-0.39, 0.29) is 11.3 Å². The first-order chi connectivity index (χ1) is 9.90. The van der Waals surface area contributed by atoms with Crippen LogP contribution in [0.5, 0.6) is 0 Å². The lowest BCUT2D eigenvalue weighted by molar-refractivity contribution is -0.522. The van der Waals surface area contributed by atoms with Gasteiger partial charge in [-0.2, -0.15) is 0 Å². The lowest BCUT2D eigenvalue weighted by atomic mass is 10.0. The van der Waals surface area contributed by atoms with Crippen molar-refractivity contribution in [2.75, 3.05) is 5.32 Å². The molecule has 114 valence electrons. The molecule has 0 radical (unpaired) electrons. The third kappa shape index (κ3) is 3.31. The monoisotopic (exact) mass is 300 g/mol. The second kappa shape index (κ2) is 6.10. The molecule has 0 saturated carbocycles. The maximum absolute atomic E-state index is 12.6. The molecule has 9 heteroatoms. The molecule has 1 fully saturated rings. The smallest absolute Gasteiger partial charge is 0.263 e. The highest BCUT2D eigenvalue weighted by Crippen LogP contribution is 2.22. The Bertz CT molecular complexity index is 555. The second-order valence-corrected chi connectivity index (χ2v) is 4.75. The minimum Gasteiger partial charge on any atom is -0.324 e. The third-order valence-electron chi connectivity index (χ3n) is 3.25. The van der Waals surface area contributed by atoms with Crippen molar-refractivity contribution in [3.8, 4) is 0 Å². The van der Waals surface area contributed by atoms with E-state index in [9.17, 15) is 23.7 Å². The first-order valence-corrected chi connectivity index (χ1v) is 6.23. The summed E-state index contributed by atoms with van der Waals surface area (Å²) in [6.07, 6.45) is -2.65. The van der Waals surface area contributed by atoms with Crippen LogP contribution in [-0.2, 0) is 4.79 Å².